The Morgan fingerprint density at radius 3 is 2.50 bits per heavy atom. The fourth-order valence-corrected chi connectivity index (χ4v) is 2.59. The number of hydrogen-bond acceptors (Lipinski definition) is 2. The predicted octanol–water partition coefficient (Wildman–Crippen LogP) is 2.85. The molecule has 1 unspecified atom stereocenters. The minimum atomic E-state index is -0.157. The predicted molar refractivity (Wildman–Crippen MR) is 80.7 cm³/mol. The van der Waals surface area contributed by atoms with E-state index < -0.39 is 0 Å². The third kappa shape index (κ3) is 2.21. The van der Waals surface area contributed by atoms with Crippen LogP contribution < -0.4 is 11.1 Å². The highest BCUT2D eigenvalue weighted by Crippen LogP contribution is 2.28. The van der Waals surface area contributed by atoms with Gasteiger partial charge in [-0.25, -0.2) is 0 Å². The first-order valence-electron chi connectivity index (χ1n) is 6.80. The van der Waals surface area contributed by atoms with Crippen molar-refractivity contribution < 1.29 is 4.79 Å². The molecule has 0 saturated carbocycles. The normalized spacial score (nSPS) is 14.8. The Morgan fingerprint density at radius 1 is 1.05 bits per heavy atom. The van der Waals surface area contributed by atoms with Crippen LogP contribution in [0.3, 0.4) is 0 Å². The van der Waals surface area contributed by atoms with Crippen molar-refractivity contribution in [3.8, 4) is 0 Å². The van der Waals surface area contributed by atoms with Crippen LogP contribution in [-0.4, -0.2) is 5.91 Å². The highest BCUT2D eigenvalue weighted by atomic mass is 16.1. The van der Waals surface area contributed by atoms with Crippen LogP contribution in [0.4, 0.5) is 5.69 Å². The van der Waals surface area contributed by atoms with E-state index in [0.29, 0.717) is 6.42 Å². The Labute approximate surface area is 118 Å². The Bertz CT molecular complexity index is 691. The lowest BCUT2D eigenvalue weighted by molar-refractivity contribution is -0.115. The van der Waals surface area contributed by atoms with Crippen LogP contribution >= 0.6 is 0 Å². The summed E-state index contributed by atoms with van der Waals surface area (Å²) < 4.78 is 0. The monoisotopic (exact) mass is 266 g/mol. The van der Waals surface area contributed by atoms with Gasteiger partial charge in [-0.3, -0.25) is 4.79 Å². The van der Waals surface area contributed by atoms with Gasteiger partial charge in [0.25, 0.3) is 0 Å². The summed E-state index contributed by atoms with van der Waals surface area (Å²) >= 11 is 0. The molecule has 1 atom stereocenters. The average Bonchev–Trinajstić information content (AvgIpc) is 2.80. The molecule has 2 aromatic carbocycles. The van der Waals surface area contributed by atoms with Crippen molar-refractivity contribution in [3.05, 3.63) is 64.2 Å². The first-order chi connectivity index (χ1) is 9.54. The van der Waals surface area contributed by atoms with Crippen molar-refractivity contribution in [1.82, 2.24) is 0 Å². The van der Waals surface area contributed by atoms with Gasteiger partial charge in [-0.15, -0.1) is 0 Å². The molecule has 0 fully saturated rings. The van der Waals surface area contributed by atoms with Gasteiger partial charge in [0, 0.05) is 5.69 Å². The Kier molecular flexibility index (Phi) is 3.07. The first kappa shape index (κ1) is 12.9. The maximum absolute atomic E-state index is 11.4. The highest BCUT2D eigenvalue weighted by molar-refractivity contribution is 5.99. The minimum Gasteiger partial charge on any atom is -0.326 e. The number of rotatable bonds is 2. The molecule has 0 radical (unpaired) electrons. The summed E-state index contributed by atoms with van der Waals surface area (Å²) in [5.74, 6) is 0.0527. The topological polar surface area (TPSA) is 55.1 Å². The number of amides is 1. The van der Waals surface area contributed by atoms with Crippen molar-refractivity contribution in [3.63, 3.8) is 0 Å². The number of fused-ring (bicyclic) bond motifs is 1. The maximum Gasteiger partial charge on any atom is 0.228 e. The number of benzene rings is 2. The average molecular weight is 266 g/mol. The molecule has 0 aromatic heterocycles. The van der Waals surface area contributed by atoms with Crippen molar-refractivity contribution in [1.29, 1.82) is 0 Å². The summed E-state index contributed by atoms with van der Waals surface area (Å²) in [6, 6.07) is 12.1. The molecular weight excluding hydrogens is 248 g/mol. The molecule has 0 bridgehead atoms. The van der Waals surface area contributed by atoms with Gasteiger partial charge >= 0.3 is 0 Å². The molecule has 2 aromatic rings. The molecular formula is C17H18N2O. The van der Waals surface area contributed by atoms with Crippen LogP contribution in [0.25, 0.3) is 0 Å². The van der Waals surface area contributed by atoms with Crippen LogP contribution in [0.1, 0.15) is 33.9 Å². The zero-order valence-electron chi connectivity index (χ0n) is 11.7. The number of carbonyl (C=O) groups excluding carboxylic acids is 1. The quantitative estimate of drug-likeness (QED) is 0.878. The molecule has 0 spiro atoms. The summed E-state index contributed by atoms with van der Waals surface area (Å²) in [6.07, 6.45) is 0.447. The number of anilines is 1. The van der Waals surface area contributed by atoms with E-state index in [1.165, 1.54) is 11.1 Å². The second kappa shape index (κ2) is 4.76. The largest absolute Gasteiger partial charge is 0.326 e. The van der Waals surface area contributed by atoms with Gasteiger partial charge in [0.15, 0.2) is 0 Å². The third-order valence-corrected chi connectivity index (χ3v) is 4.00. The molecule has 102 valence electrons. The fraction of sp³-hybridized carbons (Fsp3) is 0.235. The standard InChI is InChI=1S/C17H18N2O/c1-10-3-4-12(7-11(10)2)17(18)13-5-6-15-14(8-13)9-16(20)19-15/h3-8,17H,9,18H2,1-2H3,(H,19,20). The van der Waals surface area contributed by atoms with E-state index in [4.69, 9.17) is 5.73 Å². The lowest BCUT2D eigenvalue weighted by Crippen LogP contribution is -2.12. The SMILES string of the molecule is Cc1ccc(C(N)c2ccc3c(c2)CC(=O)N3)cc1C. The van der Waals surface area contributed by atoms with Gasteiger partial charge in [-0.05, 0) is 47.7 Å². The molecule has 1 aliphatic rings. The van der Waals surface area contributed by atoms with E-state index in [1.807, 2.05) is 18.2 Å². The smallest absolute Gasteiger partial charge is 0.228 e. The number of aryl methyl sites for hydroxylation is 2. The summed E-state index contributed by atoms with van der Waals surface area (Å²) in [6.45, 7) is 4.19. The van der Waals surface area contributed by atoms with Crippen LogP contribution in [0, 0.1) is 13.8 Å². The molecule has 1 heterocycles. The third-order valence-electron chi connectivity index (χ3n) is 4.00. The molecule has 20 heavy (non-hydrogen) atoms. The maximum atomic E-state index is 11.4. The van der Waals surface area contributed by atoms with E-state index in [9.17, 15) is 4.79 Å². The highest BCUT2D eigenvalue weighted by Gasteiger charge is 2.19. The van der Waals surface area contributed by atoms with Crippen molar-refractivity contribution in [2.45, 2.75) is 26.3 Å². The Hall–Kier alpha value is -2.13. The van der Waals surface area contributed by atoms with Crippen molar-refractivity contribution in [2.24, 2.45) is 5.73 Å². The molecule has 3 heteroatoms. The Morgan fingerprint density at radius 2 is 1.75 bits per heavy atom. The Balaban J connectivity index is 1.94. The van der Waals surface area contributed by atoms with Crippen molar-refractivity contribution in [2.75, 3.05) is 5.32 Å². The number of nitrogens with two attached hydrogens (primary N) is 1. The molecule has 3 N–H and O–H groups in total. The molecule has 3 nitrogen and oxygen atoms in total. The molecule has 1 amide bonds. The summed E-state index contributed by atoms with van der Waals surface area (Å²) in [4.78, 5) is 11.4. The molecule has 3 rings (SSSR count). The van der Waals surface area contributed by atoms with Gasteiger partial charge in [0.1, 0.15) is 0 Å². The van der Waals surface area contributed by atoms with Crippen LogP contribution in [0.2, 0.25) is 0 Å². The van der Waals surface area contributed by atoms with Gasteiger partial charge in [0.05, 0.1) is 12.5 Å². The zero-order valence-corrected chi connectivity index (χ0v) is 11.7. The minimum absolute atomic E-state index is 0.0527. The van der Waals surface area contributed by atoms with E-state index in [-0.39, 0.29) is 11.9 Å². The molecule has 0 saturated heterocycles. The van der Waals surface area contributed by atoms with Gasteiger partial charge in [-0.2, -0.15) is 0 Å². The molecule has 1 aliphatic heterocycles. The summed E-state index contributed by atoms with van der Waals surface area (Å²) in [7, 11) is 0. The van der Waals surface area contributed by atoms with Crippen LogP contribution in [0.5, 0.6) is 0 Å². The van der Waals surface area contributed by atoms with E-state index in [1.54, 1.807) is 0 Å². The van der Waals surface area contributed by atoms with E-state index in [2.05, 4.69) is 37.4 Å². The van der Waals surface area contributed by atoms with E-state index in [0.717, 1.165) is 22.4 Å². The van der Waals surface area contributed by atoms with Gasteiger partial charge < -0.3 is 11.1 Å². The van der Waals surface area contributed by atoms with Crippen LogP contribution in [0.15, 0.2) is 36.4 Å². The fourth-order valence-electron chi connectivity index (χ4n) is 2.59. The first-order valence-corrected chi connectivity index (χ1v) is 6.80. The lowest BCUT2D eigenvalue weighted by atomic mass is 9.95. The summed E-state index contributed by atoms with van der Waals surface area (Å²) in [5.41, 5.74) is 13.0. The van der Waals surface area contributed by atoms with Crippen molar-refractivity contribution >= 4 is 11.6 Å². The number of nitrogens with one attached hydrogen (secondary N) is 1. The second-order valence-corrected chi connectivity index (χ2v) is 5.46. The van der Waals surface area contributed by atoms with Gasteiger partial charge in [0.2, 0.25) is 5.91 Å². The number of hydrogen-bond donors (Lipinski definition) is 2. The summed E-state index contributed by atoms with van der Waals surface area (Å²) in [5, 5.41) is 2.84. The lowest BCUT2D eigenvalue weighted by Gasteiger charge is -2.15. The second-order valence-electron chi connectivity index (χ2n) is 5.46. The van der Waals surface area contributed by atoms with Crippen LogP contribution in [-0.2, 0) is 11.2 Å². The molecule has 0 aliphatic carbocycles. The van der Waals surface area contributed by atoms with Gasteiger partial charge in [-0.1, -0.05) is 30.3 Å². The zero-order chi connectivity index (χ0) is 14.3. The number of carbonyl (C=O) groups is 1. The van der Waals surface area contributed by atoms with E-state index >= 15 is 0 Å².